The Bertz CT molecular complexity index is 977. The average Bonchev–Trinajstić information content (AvgIpc) is 3.40. The van der Waals surface area contributed by atoms with Crippen molar-refractivity contribution in [3.8, 4) is 16.6 Å². The van der Waals surface area contributed by atoms with E-state index in [0.29, 0.717) is 0 Å². The van der Waals surface area contributed by atoms with E-state index in [2.05, 4.69) is 60.2 Å². The largest absolute Gasteiger partial charge is 0.481 e. The van der Waals surface area contributed by atoms with Gasteiger partial charge in [0.05, 0.1) is 24.1 Å². The van der Waals surface area contributed by atoms with Gasteiger partial charge in [-0.15, -0.1) is 21.5 Å². The second kappa shape index (κ2) is 7.51. The summed E-state index contributed by atoms with van der Waals surface area (Å²) < 4.78 is 7.90. The van der Waals surface area contributed by atoms with E-state index in [4.69, 9.17) is 4.74 Å². The first kappa shape index (κ1) is 18.7. The van der Waals surface area contributed by atoms with Crippen molar-refractivity contribution >= 4 is 11.3 Å². The molecule has 1 saturated heterocycles. The van der Waals surface area contributed by atoms with Crippen molar-refractivity contribution in [2.45, 2.75) is 31.5 Å². The van der Waals surface area contributed by atoms with Crippen molar-refractivity contribution < 1.29 is 4.74 Å². The number of likely N-dealkylation sites (tertiary alicyclic amines) is 1. The van der Waals surface area contributed by atoms with E-state index in [1.165, 1.54) is 4.88 Å². The SMILES string of the molecule is COc1ncccc1CN1CCC2(CC1)CN(C)Cc1nnc(-c3cccs3)n12. The van der Waals surface area contributed by atoms with Gasteiger partial charge in [0.25, 0.3) is 0 Å². The van der Waals surface area contributed by atoms with Crippen LogP contribution in [0.4, 0.5) is 0 Å². The molecule has 5 rings (SSSR count). The second-order valence-electron chi connectivity index (χ2n) is 8.10. The molecule has 2 aliphatic rings. The Morgan fingerprint density at radius 2 is 2.03 bits per heavy atom. The van der Waals surface area contributed by atoms with Crippen molar-refractivity contribution in [2.75, 3.05) is 33.8 Å². The summed E-state index contributed by atoms with van der Waals surface area (Å²) in [4.78, 5) is 10.4. The van der Waals surface area contributed by atoms with Crippen LogP contribution in [0.3, 0.4) is 0 Å². The molecular formula is C21H26N6OS. The highest BCUT2D eigenvalue weighted by atomic mass is 32.1. The van der Waals surface area contributed by atoms with Gasteiger partial charge in [-0.05, 0) is 37.4 Å². The molecule has 0 amide bonds. The molecule has 29 heavy (non-hydrogen) atoms. The standard InChI is InChI=1S/C21H26N6OS/c1-25-14-18-23-24-19(17-6-4-12-29-17)27(18)21(15-25)7-10-26(11-8-21)13-16-5-3-9-22-20(16)28-2/h3-6,9,12H,7-8,10-11,13-15H2,1-2H3. The molecule has 1 spiro atoms. The van der Waals surface area contributed by atoms with Crippen LogP contribution in [0.2, 0.25) is 0 Å². The van der Waals surface area contributed by atoms with Crippen molar-refractivity contribution in [2.24, 2.45) is 0 Å². The molecule has 0 radical (unpaired) electrons. The number of rotatable bonds is 4. The zero-order valence-corrected chi connectivity index (χ0v) is 17.7. The molecule has 5 heterocycles. The molecule has 0 saturated carbocycles. The normalized spacial score (nSPS) is 19.4. The van der Waals surface area contributed by atoms with Gasteiger partial charge in [0.2, 0.25) is 5.88 Å². The number of nitrogens with zero attached hydrogens (tertiary/aromatic N) is 6. The molecule has 0 bridgehead atoms. The first-order valence-corrected chi connectivity index (χ1v) is 10.9. The second-order valence-corrected chi connectivity index (χ2v) is 9.04. The molecule has 2 aliphatic heterocycles. The quantitative estimate of drug-likeness (QED) is 0.659. The van der Waals surface area contributed by atoms with E-state index in [1.807, 2.05) is 6.07 Å². The number of hydrogen-bond donors (Lipinski definition) is 0. The Kier molecular flexibility index (Phi) is 4.85. The van der Waals surface area contributed by atoms with Crippen LogP contribution in [-0.4, -0.2) is 63.3 Å². The molecule has 3 aromatic rings. The highest BCUT2D eigenvalue weighted by Gasteiger charge is 2.43. The van der Waals surface area contributed by atoms with Crippen LogP contribution < -0.4 is 4.74 Å². The summed E-state index contributed by atoms with van der Waals surface area (Å²) in [6.07, 6.45) is 3.96. The van der Waals surface area contributed by atoms with E-state index in [-0.39, 0.29) is 5.54 Å². The van der Waals surface area contributed by atoms with E-state index in [0.717, 1.165) is 68.7 Å². The van der Waals surface area contributed by atoms with Crippen LogP contribution >= 0.6 is 11.3 Å². The highest BCUT2D eigenvalue weighted by Crippen LogP contribution is 2.40. The Labute approximate surface area is 175 Å². The topological polar surface area (TPSA) is 59.3 Å². The van der Waals surface area contributed by atoms with Crippen LogP contribution in [0.25, 0.3) is 10.7 Å². The van der Waals surface area contributed by atoms with Crippen LogP contribution in [0.15, 0.2) is 35.8 Å². The lowest BCUT2D eigenvalue weighted by molar-refractivity contribution is 0.0488. The first-order chi connectivity index (χ1) is 14.2. The van der Waals surface area contributed by atoms with E-state index in [1.54, 1.807) is 24.6 Å². The Hall–Kier alpha value is -2.29. The van der Waals surface area contributed by atoms with Crippen LogP contribution in [0.1, 0.15) is 24.2 Å². The average molecular weight is 411 g/mol. The fourth-order valence-electron chi connectivity index (χ4n) is 4.83. The van der Waals surface area contributed by atoms with Gasteiger partial charge >= 0.3 is 0 Å². The third-order valence-electron chi connectivity index (χ3n) is 6.15. The molecule has 0 atom stereocenters. The molecule has 3 aromatic heterocycles. The monoisotopic (exact) mass is 410 g/mol. The predicted molar refractivity (Wildman–Crippen MR) is 113 cm³/mol. The van der Waals surface area contributed by atoms with Crippen molar-refractivity contribution in [1.29, 1.82) is 0 Å². The zero-order chi connectivity index (χ0) is 19.8. The highest BCUT2D eigenvalue weighted by molar-refractivity contribution is 7.13. The summed E-state index contributed by atoms with van der Waals surface area (Å²) >= 11 is 1.74. The first-order valence-electron chi connectivity index (χ1n) is 10.1. The summed E-state index contributed by atoms with van der Waals surface area (Å²) in [5.41, 5.74) is 1.21. The van der Waals surface area contributed by atoms with Gasteiger partial charge in [-0.3, -0.25) is 9.80 Å². The lowest BCUT2D eigenvalue weighted by atomic mass is 9.84. The maximum Gasteiger partial charge on any atom is 0.217 e. The molecular weight excluding hydrogens is 384 g/mol. The Morgan fingerprint density at radius 3 is 2.79 bits per heavy atom. The van der Waals surface area contributed by atoms with Crippen LogP contribution in [-0.2, 0) is 18.6 Å². The number of thiophene rings is 1. The number of methoxy groups -OCH3 is 1. The third-order valence-corrected chi connectivity index (χ3v) is 7.01. The minimum atomic E-state index is 0.0562. The minimum absolute atomic E-state index is 0.0562. The number of likely N-dealkylation sites (N-methyl/N-ethyl adjacent to an activating group) is 1. The maximum atomic E-state index is 5.44. The molecule has 0 N–H and O–H groups in total. The Morgan fingerprint density at radius 1 is 1.17 bits per heavy atom. The number of aromatic nitrogens is 4. The van der Waals surface area contributed by atoms with Gasteiger partial charge in [0, 0.05) is 37.9 Å². The predicted octanol–water partition coefficient (Wildman–Crippen LogP) is 2.85. The zero-order valence-electron chi connectivity index (χ0n) is 16.9. The van der Waals surface area contributed by atoms with E-state index < -0.39 is 0 Å². The van der Waals surface area contributed by atoms with Gasteiger partial charge in [0.15, 0.2) is 5.82 Å². The van der Waals surface area contributed by atoms with Crippen molar-refractivity contribution in [1.82, 2.24) is 29.5 Å². The summed E-state index contributed by atoms with van der Waals surface area (Å²) in [6, 6.07) is 8.33. The van der Waals surface area contributed by atoms with Crippen molar-refractivity contribution in [3.05, 3.63) is 47.2 Å². The molecule has 0 aromatic carbocycles. The molecule has 0 unspecified atom stereocenters. The molecule has 1 fully saturated rings. The third kappa shape index (κ3) is 3.35. The van der Waals surface area contributed by atoms with Gasteiger partial charge in [-0.25, -0.2) is 4.98 Å². The number of pyridine rings is 1. The van der Waals surface area contributed by atoms with Gasteiger partial charge < -0.3 is 9.30 Å². The number of hydrogen-bond acceptors (Lipinski definition) is 7. The van der Waals surface area contributed by atoms with Gasteiger partial charge in [-0.1, -0.05) is 12.1 Å². The molecule has 0 aliphatic carbocycles. The van der Waals surface area contributed by atoms with Gasteiger partial charge in [0.1, 0.15) is 5.82 Å². The summed E-state index contributed by atoms with van der Waals surface area (Å²) in [5, 5.41) is 11.3. The van der Waals surface area contributed by atoms with E-state index in [9.17, 15) is 0 Å². The smallest absolute Gasteiger partial charge is 0.217 e. The van der Waals surface area contributed by atoms with Crippen LogP contribution in [0.5, 0.6) is 5.88 Å². The van der Waals surface area contributed by atoms with Crippen LogP contribution in [0, 0.1) is 0 Å². The number of fused-ring (bicyclic) bond motifs is 2. The lowest BCUT2D eigenvalue weighted by Gasteiger charge is -2.48. The van der Waals surface area contributed by atoms with Crippen molar-refractivity contribution in [3.63, 3.8) is 0 Å². The summed E-state index contributed by atoms with van der Waals surface area (Å²) in [5.74, 6) is 2.85. The fourth-order valence-corrected chi connectivity index (χ4v) is 5.53. The molecule has 152 valence electrons. The fraction of sp³-hybridized carbons (Fsp3) is 0.476. The maximum absolute atomic E-state index is 5.44. The molecule has 8 heteroatoms. The van der Waals surface area contributed by atoms with Gasteiger partial charge in [-0.2, -0.15) is 0 Å². The number of ether oxygens (including phenoxy) is 1. The van der Waals surface area contributed by atoms with E-state index >= 15 is 0 Å². The number of piperidine rings is 1. The minimum Gasteiger partial charge on any atom is -0.481 e. The lowest BCUT2D eigenvalue weighted by Crippen LogP contribution is -2.55. The Balaban J connectivity index is 1.40. The molecule has 7 nitrogen and oxygen atoms in total. The summed E-state index contributed by atoms with van der Waals surface area (Å²) in [7, 11) is 3.88. The summed E-state index contributed by atoms with van der Waals surface area (Å²) in [6.45, 7) is 4.84.